The normalized spacial score (nSPS) is 11.1. The van der Waals surface area contributed by atoms with Crippen LogP contribution in [0, 0.1) is 6.92 Å². The van der Waals surface area contributed by atoms with E-state index in [-0.39, 0.29) is 21.3 Å². The van der Waals surface area contributed by atoms with Crippen molar-refractivity contribution in [1.29, 1.82) is 0 Å². The molecule has 1 N–H and O–H groups in total. The molecule has 1 amide bonds. The number of ketones is 1. The Hall–Kier alpha value is -3.32. The molecule has 142 valence electrons. The first kappa shape index (κ1) is 19.4. The third-order valence-corrected chi connectivity index (χ3v) is 5.84. The minimum atomic E-state index is -3.74. The van der Waals surface area contributed by atoms with Crippen LogP contribution >= 0.6 is 0 Å². The average molecular weight is 394 g/mol. The molecule has 0 radical (unpaired) electrons. The summed E-state index contributed by atoms with van der Waals surface area (Å²) >= 11 is 0. The van der Waals surface area contributed by atoms with Crippen molar-refractivity contribution in [2.75, 3.05) is 5.32 Å². The van der Waals surface area contributed by atoms with Crippen molar-refractivity contribution >= 4 is 27.2 Å². The van der Waals surface area contributed by atoms with Gasteiger partial charge in [0.05, 0.1) is 10.5 Å². The van der Waals surface area contributed by atoms with Gasteiger partial charge in [0.1, 0.15) is 0 Å². The van der Waals surface area contributed by atoms with Crippen molar-refractivity contribution < 1.29 is 18.0 Å². The lowest BCUT2D eigenvalue weighted by Gasteiger charge is -2.07. The molecule has 0 aliphatic rings. The molecule has 7 heteroatoms. The lowest BCUT2D eigenvalue weighted by molar-refractivity contribution is 0.101. The molecular weight excluding hydrogens is 376 g/mol. The molecule has 6 nitrogen and oxygen atoms in total. The van der Waals surface area contributed by atoms with Gasteiger partial charge in [-0.2, -0.15) is 0 Å². The summed E-state index contributed by atoms with van der Waals surface area (Å²) in [4.78, 5) is 27.7. The maximum Gasteiger partial charge on any atom is 0.257 e. The van der Waals surface area contributed by atoms with Gasteiger partial charge in [-0.15, -0.1) is 0 Å². The fourth-order valence-corrected chi connectivity index (χ4v) is 3.68. The van der Waals surface area contributed by atoms with Crippen LogP contribution in [-0.2, 0) is 9.84 Å². The molecule has 0 fully saturated rings. The Morgan fingerprint density at radius 1 is 0.857 bits per heavy atom. The molecule has 0 bridgehead atoms. The van der Waals surface area contributed by atoms with Gasteiger partial charge in [-0.25, -0.2) is 13.4 Å². The highest BCUT2D eigenvalue weighted by molar-refractivity contribution is 7.91. The van der Waals surface area contributed by atoms with E-state index in [0.29, 0.717) is 11.3 Å². The highest BCUT2D eigenvalue weighted by Crippen LogP contribution is 2.20. The number of nitrogens with one attached hydrogen (secondary N) is 1. The predicted molar refractivity (Wildman–Crippen MR) is 105 cm³/mol. The molecule has 0 unspecified atom stereocenters. The molecule has 1 heterocycles. The molecule has 3 rings (SSSR count). The van der Waals surface area contributed by atoms with Crippen molar-refractivity contribution in [2.24, 2.45) is 0 Å². The molecular formula is C21H18N2O4S. The molecule has 0 saturated heterocycles. The number of pyridine rings is 1. The molecule has 0 aliphatic carbocycles. The van der Waals surface area contributed by atoms with Crippen LogP contribution in [0.1, 0.15) is 33.2 Å². The summed E-state index contributed by atoms with van der Waals surface area (Å²) in [6.45, 7) is 3.33. The predicted octanol–water partition coefficient (Wildman–Crippen LogP) is 3.68. The summed E-state index contributed by atoms with van der Waals surface area (Å²) in [6.07, 6.45) is 1.22. The zero-order chi connectivity index (χ0) is 20.3. The lowest BCUT2D eigenvalue weighted by Crippen LogP contribution is -2.13. The van der Waals surface area contributed by atoms with Crippen LogP contribution in [0.15, 0.2) is 76.8 Å². The van der Waals surface area contributed by atoms with Crippen LogP contribution in [0.4, 0.5) is 5.69 Å². The largest absolute Gasteiger partial charge is 0.322 e. The number of rotatable bonds is 5. The first-order valence-corrected chi connectivity index (χ1v) is 9.96. The van der Waals surface area contributed by atoms with Crippen LogP contribution in [0.25, 0.3) is 0 Å². The van der Waals surface area contributed by atoms with E-state index in [1.807, 2.05) is 6.92 Å². The van der Waals surface area contributed by atoms with Crippen LogP contribution in [0.3, 0.4) is 0 Å². The van der Waals surface area contributed by atoms with Gasteiger partial charge in [0.15, 0.2) is 10.8 Å². The molecule has 0 saturated carbocycles. The first-order valence-electron chi connectivity index (χ1n) is 8.47. The summed E-state index contributed by atoms with van der Waals surface area (Å²) in [6, 6.07) is 15.7. The minimum Gasteiger partial charge on any atom is -0.322 e. The first-order chi connectivity index (χ1) is 13.3. The van der Waals surface area contributed by atoms with Gasteiger partial charge >= 0.3 is 0 Å². The van der Waals surface area contributed by atoms with E-state index in [1.54, 1.807) is 36.4 Å². The van der Waals surface area contributed by atoms with Crippen LogP contribution in [0.2, 0.25) is 0 Å². The standard InChI is InChI=1S/C21H18N2O4S/c1-14-3-10-19(11-4-14)28(26,27)20-12-7-17(13-22-20)21(25)23-18-8-5-16(6-9-18)15(2)24/h3-13H,1-2H3,(H,23,25). The Morgan fingerprint density at radius 2 is 1.46 bits per heavy atom. The van der Waals surface area contributed by atoms with Crippen LogP contribution in [-0.4, -0.2) is 25.1 Å². The molecule has 0 aliphatic heterocycles. The van der Waals surface area contributed by atoms with E-state index in [0.717, 1.165) is 5.56 Å². The third kappa shape index (κ3) is 4.15. The monoisotopic (exact) mass is 394 g/mol. The number of carbonyl (C=O) groups excluding carboxylic acids is 2. The van der Waals surface area contributed by atoms with Crippen molar-refractivity contribution in [3.63, 3.8) is 0 Å². The van der Waals surface area contributed by atoms with Crippen LogP contribution < -0.4 is 5.32 Å². The second-order valence-corrected chi connectivity index (χ2v) is 8.19. The second-order valence-electron chi connectivity index (χ2n) is 6.29. The maximum atomic E-state index is 12.6. The van der Waals surface area contributed by atoms with Gasteiger partial charge in [-0.1, -0.05) is 17.7 Å². The van der Waals surface area contributed by atoms with E-state index in [1.165, 1.54) is 37.4 Å². The number of sulfone groups is 1. The van der Waals surface area contributed by atoms with Crippen molar-refractivity contribution in [3.8, 4) is 0 Å². The molecule has 0 atom stereocenters. The fraction of sp³-hybridized carbons (Fsp3) is 0.0952. The van der Waals surface area contributed by atoms with Gasteiger partial charge < -0.3 is 5.32 Å². The van der Waals surface area contributed by atoms with Crippen molar-refractivity contribution in [2.45, 2.75) is 23.8 Å². The topological polar surface area (TPSA) is 93.2 Å². The number of amides is 1. The highest BCUT2D eigenvalue weighted by atomic mass is 32.2. The SMILES string of the molecule is CC(=O)c1ccc(NC(=O)c2ccc(S(=O)(=O)c3ccc(C)cc3)nc2)cc1. The van der Waals surface area contributed by atoms with Gasteiger partial charge in [0.2, 0.25) is 9.84 Å². The quantitative estimate of drug-likeness (QED) is 0.667. The second kappa shape index (κ2) is 7.74. The minimum absolute atomic E-state index is 0.0625. The number of carbonyl (C=O) groups is 2. The number of Topliss-reactive ketones (excluding diaryl/α,β-unsaturated/α-hetero) is 1. The Labute approximate surface area is 163 Å². The van der Waals surface area contributed by atoms with Gasteiger partial charge in [0.25, 0.3) is 5.91 Å². The summed E-state index contributed by atoms with van der Waals surface area (Å²) in [5.74, 6) is -0.491. The summed E-state index contributed by atoms with van der Waals surface area (Å²) < 4.78 is 25.2. The van der Waals surface area contributed by atoms with Crippen molar-refractivity contribution in [3.05, 3.63) is 83.6 Å². The maximum absolute atomic E-state index is 12.6. The molecule has 28 heavy (non-hydrogen) atoms. The van der Waals surface area contributed by atoms with E-state index in [4.69, 9.17) is 0 Å². The van der Waals surface area contributed by atoms with E-state index >= 15 is 0 Å². The van der Waals surface area contributed by atoms with E-state index in [2.05, 4.69) is 10.3 Å². The number of aromatic nitrogens is 1. The number of anilines is 1. The Balaban J connectivity index is 1.77. The zero-order valence-corrected chi connectivity index (χ0v) is 16.2. The number of aryl methyl sites for hydroxylation is 1. The number of benzene rings is 2. The van der Waals surface area contributed by atoms with E-state index < -0.39 is 15.7 Å². The smallest absolute Gasteiger partial charge is 0.257 e. The van der Waals surface area contributed by atoms with Crippen LogP contribution in [0.5, 0.6) is 0 Å². The summed E-state index contributed by atoms with van der Waals surface area (Å²) in [5, 5.41) is 2.55. The lowest BCUT2D eigenvalue weighted by atomic mass is 10.1. The summed E-state index contributed by atoms with van der Waals surface area (Å²) in [7, 11) is -3.74. The van der Waals surface area contributed by atoms with Gasteiger partial charge in [0, 0.05) is 17.4 Å². The summed E-state index contributed by atoms with van der Waals surface area (Å²) in [5.41, 5.74) is 2.24. The van der Waals surface area contributed by atoms with Crippen molar-refractivity contribution in [1.82, 2.24) is 4.98 Å². The molecule has 0 spiro atoms. The Morgan fingerprint density at radius 3 is 2.00 bits per heavy atom. The fourth-order valence-electron chi connectivity index (χ4n) is 2.50. The molecule has 3 aromatic rings. The number of nitrogens with zero attached hydrogens (tertiary/aromatic N) is 1. The van der Waals surface area contributed by atoms with Gasteiger partial charge in [-0.3, -0.25) is 9.59 Å². The Kier molecular flexibility index (Phi) is 5.37. The number of hydrogen-bond acceptors (Lipinski definition) is 5. The van der Waals surface area contributed by atoms with Gasteiger partial charge in [-0.05, 0) is 62.4 Å². The molecule has 1 aromatic heterocycles. The zero-order valence-electron chi connectivity index (χ0n) is 15.3. The highest BCUT2D eigenvalue weighted by Gasteiger charge is 2.19. The molecule has 2 aromatic carbocycles. The third-order valence-electron chi connectivity index (χ3n) is 4.15. The Bertz CT molecular complexity index is 1120. The van der Waals surface area contributed by atoms with E-state index in [9.17, 15) is 18.0 Å². The number of hydrogen-bond donors (Lipinski definition) is 1. The average Bonchev–Trinajstić information content (AvgIpc) is 2.69.